The molecule has 5 nitrogen and oxygen atoms in total. The van der Waals surface area contributed by atoms with Crippen LogP contribution < -0.4 is 14.5 Å². The zero-order valence-corrected chi connectivity index (χ0v) is 46.5. The van der Waals surface area contributed by atoms with Crippen LogP contribution in [0.1, 0.15) is 129 Å². The predicted molar refractivity (Wildman–Crippen MR) is 297 cm³/mol. The van der Waals surface area contributed by atoms with Crippen LogP contribution in [0.15, 0.2) is 164 Å². The van der Waals surface area contributed by atoms with E-state index in [1.54, 1.807) is 0 Å². The number of benzene rings is 7. The van der Waals surface area contributed by atoms with Crippen LogP contribution in [-0.4, -0.2) is 9.55 Å². The second-order valence-electron chi connectivity index (χ2n) is 23.6. The number of anilines is 4. The van der Waals surface area contributed by atoms with Crippen LogP contribution in [-0.2, 0) is 48.1 Å². The molecular formula is C66H67N4OPt-3. The van der Waals surface area contributed by atoms with Gasteiger partial charge in [0.1, 0.15) is 5.82 Å². The van der Waals surface area contributed by atoms with E-state index in [1.165, 1.54) is 38.9 Å². The molecule has 0 bridgehead atoms. The molecule has 0 spiro atoms. The SMILES string of the molecule is CC(C)(C)c1cccc(N2[CH-]N(c3[c-]c(Oc4[c-]c5c(cc4)c4cc(C(C)(C)c6ccccc6)ccc4n5-c4cc(C(C)(C)c5ccccc5)ccn4)ccc3)c3cc(C(C)(C)C)c(C(C)(C)C)cc32)c1.[Pt]. The fourth-order valence-electron chi connectivity index (χ4n) is 10.3. The summed E-state index contributed by atoms with van der Waals surface area (Å²) in [4.78, 5) is 9.67. The Morgan fingerprint density at radius 3 is 1.64 bits per heavy atom. The van der Waals surface area contributed by atoms with Crippen LogP contribution in [0.4, 0.5) is 22.7 Å². The van der Waals surface area contributed by atoms with Gasteiger partial charge in [0.25, 0.3) is 0 Å². The molecule has 0 amide bonds. The fraction of sp³-hybridized carbons (Fsp3) is 0.273. The third-order valence-corrected chi connectivity index (χ3v) is 14.8. The van der Waals surface area contributed by atoms with Gasteiger partial charge in [-0.15, -0.1) is 48.1 Å². The second-order valence-corrected chi connectivity index (χ2v) is 23.6. The first-order valence-corrected chi connectivity index (χ1v) is 25.1. The van der Waals surface area contributed by atoms with Gasteiger partial charge in [0, 0.05) is 72.2 Å². The summed E-state index contributed by atoms with van der Waals surface area (Å²) in [6.07, 6.45) is 1.94. The van der Waals surface area contributed by atoms with Crippen LogP contribution in [0.25, 0.3) is 27.6 Å². The minimum absolute atomic E-state index is 0. The number of hydrogen-bond acceptors (Lipinski definition) is 4. The van der Waals surface area contributed by atoms with Gasteiger partial charge in [-0.2, -0.15) is 12.1 Å². The van der Waals surface area contributed by atoms with Gasteiger partial charge in [-0.25, -0.2) is 4.98 Å². The molecular weight excluding hydrogens is 1060 g/mol. The Balaban J connectivity index is 0.00000640. The van der Waals surface area contributed by atoms with Crippen molar-refractivity contribution < 1.29 is 25.8 Å². The zero-order valence-electron chi connectivity index (χ0n) is 44.2. The average Bonchev–Trinajstić information content (AvgIpc) is 3.89. The third kappa shape index (κ3) is 9.30. The van der Waals surface area contributed by atoms with Crippen molar-refractivity contribution in [2.45, 2.75) is 117 Å². The Bertz CT molecular complexity index is 3440. The van der Waals surface area contributed by atoms with Crippen molar-refractivity contribution in [3.63, 3.8) is 0 Å². The Kier molecular flexibility index (Phi) is 13.0. The van der Waals surface area contributed by atoms with E-state index in [1.807, 2.05) is 18.3 Å². The molecule has 9 aromatic rings. The molecule has 1 aliphatic rings. The number of rotatable bonds is 9. The summed E-state index contributed by atoms with van der Waals surface area (Å²) < 4.78 is 9.09. The smallest absolute Gasteiger partial charge is 0.135 e. The van der Waals surface area contributed by atoms with Crippen molar-refractivity contribution in [1.29, 1.82) is 0 Å². The summed E-state index contributed by atoms with van der Waals surface area (Å²) >= 11 is 0. The maximum Gasteiger partial charge on any atom is 0.135 e. The summed E-state index contributed by atoms with van der Waals surface area (Å²) in [6, 6.07) is 64.3. The fourth-order valence-corrected chi connectivity index (χ4v) is 10.3. The minimum atomic E-state index is -0.257. The van der Waals surface area contributed by atoms with Gasteiger partial charge in [0.2, 0.25) is 0 Å². The summed E-state index contributed by atoms with van der Waals surface area (Å²) in [7, 11) is 0. The van der Waals surface area contributed by atoms with Gasteiger partial charge >= 0.3 is 0 Å². The van der Waals surface area contributed by atoms with E-state index in [0.29, 0.717) is 11.5 Å². The molecule has 0 N–H and O–H groups in total. The van der Waals surface area contributed by atoms with Crippen molar-refractivity contribution in [2.75, 3.05) is 9.80 Å². The van der Waals surface area contributed by atoms with Crippen LogP contribution in [0, 0.1) is 18.8 Å². The Morgan fingerprint density at radius 2 is 1.03 bits per heavy atom. The molecule has 0 fully saturated rings. The molecule has 3 heterocycles. The monoisotopic (exact) mass is 1130 g/mol. The van der Waals surface area contributed by atoms with Crippen LogP contribution in [0.3, 0.4) is 0 Å². The summed E-state index contributed by atoms with van der Waals surface area (Å²) in [6.45, 7) is 32.1. The molecule has 0 saturated heterocycles. The van der Waals surface area contributed by atoms with Crippen molar-refractivity contribution in [3.05, 3.63) is 222 Å². The first kappa shape index (κ1) is 50.5. The van der Waals surface area contributed by atoms with Gasteiger partial charge in [-0.05, 0) is 103 Å². The van der Waals surface area contributed by atoms with E-state index < -0.39 is 0 Å². The first-order chi connectivity index (χ1) is 33.6. The van der Waals surface area contributed by atoms with Crippen molar-refractivity contribution in [1.82, 2.24) is 9.55 Å². The summed E-state index contributed by atoms with van der Waals surface area (Å²) in [5.41, 5.74) is 14.5. The maximum absolute atomic E-state index is 6.84. The van der Waals surface area contributed by atoms with E-state index in [4.69, 9.17) is 9.72 Å². The Labute approximate surface area is 443 Å². The molecule has 0 saturated carbocycles. The van der Waals surface area contributed by atoms with Crippen molar-refractivity contribution in [3.8, 4) is 17.3 Å². The zero-order chi connectivity index (χ0) is 50.3. The summed E-state index contributed by atoms with van der Waals surface area (Å²) in [5, 5.41) is 2.21. The van der Waals surface area contributed by atoms with Crippen LogP contribution in [0.2, 0.25) is 0 Å². The number of fused-ring (bicyclic) bond motifs is 4. The van der Waals surface area contributed by atoms with E-state index in [9.17, 15) is 0 Å². The minimum Gasteiger partial charge on any atom is -0.509 e. The first-order valence-electron chi connectivity index (χ1n) is 25.1. The number of pyridine rings is 1. The van der Waals surface area contributed by atoms with Gasteiger partial charge < -0.3 is 19.1 Å². The Hall–Kier alpha value is -6.42. The molecule has 7 aromatic carbocycles. The number of hydrogen-bond donors (Lipinski definition) is 0. The number of ether oxygens (including phenoxy) is 1. The van der Waals surface area contributed by atoms with Crippen molar-refractivity contribution >= 4 is 44.6 Å². The van der Waals surface area contributed by atoms with Gasteiger partial charge in [0.15, 0.2) is 0 Å². The molecule has 6 heteroatoms. The Morgan fingerprint density at radius 1 is 0.458 bits per heavy atom. The van der Waals surface area contributed by atoms with E-state index >= 15 is 0 Å². The number of nitrogens with zero attached hydrogens (tertiary/aromatic N) is 4. The van der Waals surface area contributed by atoms with Crippen molar-refractivity contribution in [2.24, 2.45) is 0 Å². The normalized spacial score (nSPS) is 13.4. The van der Waals surface area contributed by atoms with Crippen LogP contribution in [0.5, 0.6) is 11.5 Å². The van der Waals surface area contributed by atoms with Gasteiger partial charge in [-0.3, -0.25) is 0 Å². The standard InChI is InChI=1S/C66H67N4O.Pt/c1-62(2,3)46-26-20-27-49(36-46)68-43-69(60-42-56(64(7,8)9)55(41-59(60)68)63(4,5)6)50-28-21-29-51(39-50)71-52-31-32-53-54-37-47(65(10,11)44-22-16-14-17-23-44)30-33-57(54)70(58(53)40-52)61-38-48(34-35-67-61)66(12,13)45-24-18-15-19-25-45;/h14-38,41-43H,1-13H3;/q-3;. The maximum atomic E-state index is 6.84. The molecule has 370 valence electrons. The molecule has 0 unspecified atom stereocenters. The van der Waals surface area contributed by atoms with Gasteiger partial charge in [-0.1, -0.05) is 180 Å². The average molecular weight is 1130 g/mol. The quantitative estimate of drug-likeness (QED) is 0.135. The van der Waals surface area contributed by atoms with Crippen LogP contribution >= 0.6 is 0 Å². The molecule has 1 aliphatic heterocycles. The third-order valence-electron chi connectivity index (χ3n) is 14.8. The largest absolute Gasteiger partial charge is 0.509 e. The predicted octanol–water partition coefficient (Wildman–Crippen LogP) is 17.5. The molecule has 0 radical (unpaired) electrons. The van der Waals surface area contributed by atoms with Gasteiger partial charge in [0.05, 0.1) is 0 Å². The molecule has 2 aromatic heterocycles. The molecule has 0 atom stereocenters. The van der Waals surface area contributed by atoms with E-state index in [2.05, 4.69) is 269 Å². The molecule has 72 heavy (non-hydrogen) atoms. The molecule has 10 rings (SSSR count). The second kappa shape index (κ2) is 18.6. The van der Waals surface area contributed by atoms with E-state index in [0.717, 1.165) is 50.4 Å². The van der Waals surface area contributed by atoms with E-state index in [-0.39, 0.29) is 48.1 Å². The summed E-state index contributed by atoms with van der Waals surface area (Å²) in [5.74, 6) is 2.02. The number of aromatic nitrogens is 2. The molecule has 0 aliphatic carbocycles. The topological polar surface area (TPSA) is 33.5 Å².